The quantitative estimate of drug-likeness (QED) is 0.784. The lowest BCUT2D eigenvalue weighted by Crippen LogP contribution is -2.01. The van der Waals surface area contributed by atoms with E-state index in [1.54, 1.807) is 11.7 Å². The number of halogens is 1. The third-order valence-corrected chi connectivity index (χ3v) is 2.93. The van der Waals surface area contributed by atoms with Crippen LogP contribution in [-0.2, 0) is 6.61 Å². The van der Waals surface area contributed by atoms with Gasteiger partial charge >= 0.3 is 0 Å². The summed E-state index contributed by atoms with van der Waals surface area (Å²) in [6.45, 7) is 1.71. The number of hydrogen-bond donors (Lipinski definition) is 0. The molecule has 0 amide bonds. The number of aromatic nitrogens is 1. The second-order valence-electron chi connectivity index (χ2n) is 3.45. The summed E-state index contributed by atoms with van der Waals surface area (Å²) in [7, 11) is 0. The Morgan fingerprint density at radius 3 is 3.00 bits per heavy atom. The van der Waals surface area contributed by atoms with E-state index >= 15 is 0 Å². The predicted octanol–water partition coefficient (Wildman–Crippen LogP) is 3.06. The van der Waals surface area contributed by atoms with Gasteiger partial charge in [-0.1, -0.05) is 0 Å². The van der Waals surface area contributed by atoms with E-state index in [9.17, 15) is 9.18 Å². The number of ketones is 1. The van der Waals surface area contributed by atoms with Gasteiger partial charge in [-0.3, -0.25) is 9.78 Å². The molecule has 0 fully saturated rings. The molecule has 5 heteroatoms. The van der Waals surface area contributed by atoms with E-state index in [1.807, 2.05) is 0 Å². The zero-order chi connectivity index (χ0) is 12.3. The molecule has 3 nitrogen and oxygen atoms in total. The van der Waals surface area contributed by atoms with E-state index in [4.69, 9.17) is 4.74 Å². The van der Waals surface area contributed by atoms with Crippen LogP contribution in [0.3, 0.4) is 0 Å². The molecule has 0 aliphatic carbocycles. The number of thiazole rings is 1. The van der Waals surface area contributed by atoms with E-state index in [0.29, 0.717) is 12.4 Å². The normalized spacial score (nSPS) is 10.2. The molecule has 2 aromatic rings. The van der Waals surface area contributed by atoms with Crippen LogP contribution in [0.5, 0.6) is 5.75 Å². The fourth-order valence-corrected chi connectivity index (χ4v) is 1.87. The maximum absolute atomic E-state index is 13.0. The van der Waals surface area contributed by atoms with Gasteiger partial charge < -0.3 is 4.74 Å². The van der Waals surface area contributed by atoms with Crippen molar-refractivity contribution >= 4 is 17.1 Å². The Kier molecular flexibility index (Phi) is 3.49. The molecule has 0 N–H and O–H groups in total. The highest BCUT2D eigenvalue weighted by Crippen LogP contribution is 2.22. The topological polar surface area (TPSA) is 39.2 Å². The fraction of sp³-hybridized carbons (Fsp3) is 0.167. The summed E-state index contributed by atoms with van der Waals surface area (Å²) >= 11 is 1.46. The smallest absolute Gasteiger partial charge is 0.163 e. The number of carbonyl (C=O) groups excluding carboxylic acids is 1. The minimum Gasteiger partial charge on any atom is -0.487 e. The van der Waals surface area contributed by atoms with Crippen molar-refractivity contribution in [2.45, 2.75) is 13.5 Å². The van der Waals surface area contributed by atoms with Crippen LogP contribution in [0.15, 0.2) is 29.9 Å². The molecule has 0 aliphatic heterocycles. The average Bonchev–Trinajstić information content (AvgIpc) is 2.80. The van der Waals surface area contributed by atoms with Gasteiger partial charge in [0.25, 0.3) is 0 Å². The first-order valence-corrected chi connectivity index (χ1v) is 5.85. The maximum Gasteiger partial charge on any atom is 0.163 e. The first-order chi connectivity index (χ1) is 8.16. The standard InChI is InChI=1S/C12H10FNO2S/c1-8(15)11-4-9(13)2-3-12(11)16-6-10-5-14-7-17-10/h2-5,7H,6H2,1H3. The minimum atomic E-state index is -0.444. The summed E-state index contributed by atoms with van der Waals surface area (Å²) in [5, 5.41) is 0. The Morgan fingerprint density at radius 1 is 1.53 bits per heavy atom. The zero-order valence-electron chi connectivity index (χ0n) is 9.14. The first kappa shape index (κ1) is 11.7. The number of Topliss-reactive ketones (excluding diaryl/α,β-unsaturated/α-hetero) is 1. The molecule has 0 unspecified atom stereocenters. The number of hydrogen-bond acceptors (Lipinski definition) is 4. The molecule has 0 saturated heterocycles. The molecule has 0 saturated carbocycles. The zero-order valence-corrected chi connectivity index (χ0v) is 9.96. The van der Waals surface area contributed by atoms with Gasteiger partial charge in [0.05, 0.1) is 16.0 Å². The van der Waals surface area contributed by atoms with E-state index in [0.717, 1.165) is 4.88 Å². The lowest BCUT2D eigenvalue weighted by molar-refractivity contribution is 0.101. The predicted molar refractivity (Wildman–Crippen MR) is 62.9 cm³/mol. The minimum absolute atomic E-state index is 0.219. The molecule has 0 aliphatic rings. The molecule has 2 rings (SSSR count). The van der Waals surface area contributed by atoms with Crippen LogP contribution >= 0.6 is 11.3 Å². The molecular formula is C12H10FNO2S. The van der Waals surface area contributed by atoms with E-state index in [2.05, 4.69) is 4.98 Å². The molecule has 0 radical (unpaired) electrons. The van der Waals surface area contributed by atoms with Crippen LogP contribution in [0.4, 0.5) is 4.39 Å². The van der Waals surface area contributed by atoms with Gasteiger partial charge in [-0.2, -0.15) is 0 Å². The maximum atomic E-state index is 13.0. The highest BCUT2D eigenvalue weighted by Gasteiger charge is 2.10. The third kappa shape index (κ3) is 2.88. The summed E-state index contributed by atoms with van der Waals surface area (Å²) in [4.78, 5) is 16.2. The van der Waals surface area contributed by atoms with Gasteiger partial charge in [0, 0.05) is 6.20 Å². The first-order valence-electron chi connectivity index (χ1n) is 4.97. The summed E-state index contributed by atoms with van der Waals surface area (Å²) < 4.78 is 18.5. The summed E-state index contributed by atoms with van der Waals surface area (Å²) in [5.41, 5.74) is 1.96. The summed E-state index contributed by atoms with van der Waals surface area (Å²) in [5.74, 6) is -0.267. The fourth-order valence-electron chi connectivity index (χ4n) is 1.37. The van der Waals surface area contributed by atoms with Crippen molar-refractivity contribution in [2.75, 3.05) is 0 Å². The molecule has 0 bridgehead atoms. The summed E-state index contributed by atoms with van der Waals surface area (Å²) in [6.07, 6.45) is 1.70. The molecule has 0 atom stereocenters. The van der Waals surface area contributed by atoms with Crippen LogP contribution < -0.4 is 4.74 Å². The van der Waals surface area contributed by atoms with Gasteiger partial charge in [-0.25, -0.2) is 4.39 Å². The van der Waals surface area contributed by atoms with Gasteiger partial charge in [0.2, 0.25) is 0 Å². The van der Waals surface area contributed by atoms with Crippen molar-refractivity contribution in [1.82, 2.24) is 4.98 Å². The van der Waals surface area contributed by atoms with Crippen molar-refractivity contribution in [1.29, 1.82) is 0 Å². The third-order valence-electron chi connectivity index (χ3n) is 2.17. The van der Waals surface area contributed by atoms with Crippen molar-refractivity contribution < 1.29 is 13.9 Å². The SMILES string of the molecule is CC(=O)c1cc(F)ccc1OCc1cncs1. The lowest BCUT2D eigenvalue weighted by atomic mass is 10.1. The monoisotopic (exact) mass is 251 g/mol. The number of benzene rings is 1. The highest BCUT2D eigenvalue weighted by molar-refractivity contribution is 7.09. The summed E-state index contributed by atoms with van der Waals surface area (Å²) in [6, 6.07) is 3.92. The van der Waals surface area contributed by atoms with Crippen LogP contribution in [0.1, 0.15) is 22.2 Å². The second-order valence-corrected chi connectivity index (χ2v) is 4.42. The van der Waals surface area contributed by atoms with Crippen molar-refractivity contribution in [3.8, 4) is 5.75 Å². The number of carbonyl (C=O) groups is 1. The Balaban J connectivity index is 2.17. The van der Waals surface area contributed by atoms with Gasteiger partial charge in [-0.05, 0) is 25.1 Å². The van der Waals surface area contributed by atoms with Gasteiger partial charge in [0.1, 0.15) is 18.2 Å². The van der Waals surface area contributed by atoms with E-state index < -0.39 is 5.82 Å². The number of ether oxygens (including phenoxy) is 1. The largest absolute Gasteiger partial charge is 0.487 e. The molecule has 1 heterocycles. The molecule has 0 spiro atoms. The second kappa shape index (κ2) is 5.05. The van der Waals surface area contributed by atoms with Gasteiger partial charge in [-0.15, -0.1) is 11.3 Å². The Bertz CT molecular complexity index is 525. The highest BCUT2D eigenvalue weighted by atomic mass is 32.1. The van der Waals surface area contributed by atoms with Crippen LogP contribution in [0, 0.1) is 5.82 Å². The van der Waals surface area contributed by atoms with Crippen molar-refractivity contribution in [2.24, 2.45) is 0 Å². The van der Waals surface area contributed by atoms with Crippen molar-refractivity contribution in [3.05, 3.63) is 46.2 Å². The van der Waals surface area contributed by atoms with Crippen LogP contribution in [0.2, 0.25) is 0 Å². The Morgan fingerprint density at radius 2 is 2.35 bits per heavy atom. The van der Waals surface area contributed by atoms with Crippen LogP contribution in [0.25, 0.3) is 0 Å². The Hall–Kier alpha value is -1.75. The lowest BCUT2D eigenvalue weighted by Gasteiger charge is -2.08. The number of nitrogens with zero attached hydrogens (tertiary/aromatic N) is 1. The van der Waals surface area contributed by atoms with Gasteiger partial charge in [0.15, 0.2) is 5.78 Å². The number of rotatable bonds is 4. The molecule has 88 valence electrons. The van der Waals surface area contributed by atoms with Crippen LogP contribution in [-0.4, -0.2) is 10.8 Å². The average molecular weight is 251 g/mol. The van der Waals surface area contributed by atoms with E-state index in [1.165, 1.54) is 36.5 Å². The molecule has 17 heavy (non-hydrogen) atoms. The van der Waals surface area contributed by atoms with E-state index in [-0.39, 0.29) is 11.3 Å². The Labute approximate surface area is 102 Å². The van der Waals surface area contributed by atoms with Crippen molar-refractivity contribution in [3.63, 3.8) is 0 Å². The molecule has 1 aromatic carbocycles. The molecular weight excluding hydrogens is 241 g/mol. The molecule has 1 aromatic heterocycles.